The van der Waals surface area contributed by atoms with Crippen LogP contribution in [0.3, 0.4) is 0 Å². The smallest absolute Gasteiger partial charge is 0.250 e. The molecule has 6 heteroatoms. The number of carbonyl (C=O) groups excluding carboxylic acids is 2. The number of carbonyl (C=O) groups is 2. The Morgan fingerprint density at radius 1 is 1.19 bits per heavy atom. The number of primary amides is 1. The molecule has 1 aliphatic carbocycles. The molecule has 0 saturated heterocycles. The van der Waals surface area contributed by atoms with Crippen molar-refractivity contribution < 1.29 is 9.59 Å². The highest BCUT2D eigenvalue weighted by atomic mass is 16.1. The highest BCUT2D eigenvalue weighted by Gasteiger charge is 2.37. The van der Waals surface area contributed by atoms with Gasteiger partial charge in [0, 0.05) is 46.8 Å². The van der Waals surface area contributed by atoms with Crippen LogP contribution in [0.25, 0.3) is 5.69 Å². The monoisotopic (exact) mass is 436 g/mol. The lowest BCUT2D eigenvalue weighted by molar-refractivity contribution is 0.0909. The number of benzene rings is 1. The summed E-state index contributed by atoms with van der Waals surface area (Å²) in [5.41, 5.74) is 12.2. The Hall–Kier alpha value is -2.60. The highest BCUT2D eigenvalue weighted by molar-refractivity contribution is 6.01. The molecular weight excluding hydrogens is 400 g/mol. The van der Waals surface area contributed by atoms with Gasteiger partial charge in [-0.2, -0.15) is 0 Å². The zero-order valence-corrected chi connectivity index (χ0v) is 20.2. The van der Waals surface area contributed by atoms with Gasteiger partial charge in [0.15, 0.2) is 5.78 Å². The molecule has 0 unspecified atom stereocenters. The summed E-state index contributed by atoms with van der Waals surface area (Å²) in [5, 5.41) is 3.55. The van der Waals surface area contributed by atoms with Gasteiger partial charge in [0.25, 0.3) is 5.91 Å². The van der Waals surface area contributed by atoms with E-state index in [0.717, 1.165) is 54.0 Å². The molecule has 2 aliphatic rings. The van der Waals surface area contributed by atoms with Crippen LogP contribution in [0, 0.1) is 12.3 Å². The minimum atomic E-state index is -0.443. The third-order valence-corrected chi connectivity index (χ3v) is 7.45. The lowest BCUT2D eigenvalue weighted by Crippen LogP contribution is -2.42. The Bertz CT molecular complexity index is 1080. The normalized spacial score (nSPS) is 23.4. The van der Waals surface area contributed by atoms with Gasteiger partial charge in [-0.15, -0.1) is 0 Å². The highest BCUT2D eigenvalue weighted by Crippen LogP contribution is 2.40. The van der Waals surface area contributed by atoms with Crippen molar-refractivity contribution in [3.8, 4) is 5.69 Å². The summed E-state index contributed by atoms with van der Waals surface area (Å²) in [5.74, 6) is -0.203. The van der Waals surface area contributed by atoms with Gasteiger partial charge in [-0.05, 0) is 82.8 Å². The van der Waals surface area contributed by atoms with E-state index >= 15 is 0 Å². The second kappa shape index (κ2) is 8.07. The minimum Gasteiger partial charge on any atom is -0.380 e. The van der Waals surface area contributed by atoms with Gasteiger partial charge in [0.2, 0.25) is 0 Å². The molecule has 0 spiro atoms. The van der Waals surface area contributed by atoms with Gasteiger partial charge in [-0.3, -0.25) is 9.59 Å². The van der Waals surface area contributed by atoms with Crippen LogP contribution < -0.4 is 11.1 Å². The van der Waals surface area contributed by atoms with E-state index in [4.69, 9.17) is 5.73 Å². The van der Waals surface area contributed by atoms with E-state index in [2.05, 4.69) is 56.5 Å². The zero-order chi connectivity index (χ0) is 23.4. The Kier molecular flexibility index (Phi) is 5.70. The van der Waals surface area contributed by atoms with E-state index in [-0.39, 0.29) is 23.3 Å². The van der Waals surface area contributed by atoms with Crippen molar-refractivity contribution in [1.82, 2.24) is 9.47 Å². The fourth-order valence-corrected chi connectivity index (χ4v) is 5.44. The molecule has 6 nitrogen and oxygen atoms in total. The Morgan fingerprint density at radius 2 is 1.91 bits per heavy atom. The lowest BCUT2D eigenvalue weighted by atomic mass is 9.75. The van der Waals surface area contributed by atoms with Gasteiger partial charge in [0.1, 0.15) is 0 Å². The number of nitrogens with two attached hydrogens (primary N) is 1. The van der Waals surface area contributed by atoms with E-state index in [1.807, 2.05) is 18.2 Å². The number of nitrogens with zero attached hydrogens (tertiary/aromatic N) is 2. The molecule has 1 aliphatic heterocycles. The number of fused-ring (bicyclic) bond motifs is 6. The summed E-state index contributed by atoms with van der Waals surface area (Å²) in [6.07, 6.45) is 3.34. The largest absolute Gasteiger partial charge is 0.380 e. The van der Waals surface area contributed by atoms with Gasteiger partial charge in [-0.25, -0.2) is 0 Å². The molecule has 3 N–H and O–H groups in total. The summed E-state index contributed by atoms with van der Waals surface area (Å²) in [7, 11) is 2.14. The SMILES string of the molecule is Cc1c2c(n3c1CCCN(C)[C@@H](C)[C@H](C)Nc1cc-3ccc1C(N)=O)CC(C)(C)CC2=O. The maximum absolute atomic E-state index is 13.2. The lowest BCUT2D eigenvalue weighted by Gasteiger charge is -2.32. The first kappa shape index (κ1) is 22.6. The molecular formula is C26H36N4O2. The average molecular weight is 437 g/mol. The summed E-state index contributed by atoms with van der Waals surface area (Å²) < 4.78 is 2.29. The van der Waals surface area contributed by atoms with Crippen LogP contribution in [0.2, 0.25) is 0 Å². The molecule has 1 amide bonds. The molecule has 32 heavy (non-hydrogen) atoms. The predicted molar refractivity (Wildman–Crippen MR) is 129 cm³/mol. The molecule has 2 atom stereocenters. The number of likely N-dealkylation sites (N-methyl/N-ethyl adjacent to an activating group) is 1. The Balaban J connectivity index is 1.97. The number of aromatic nitrogens is 1. The minimum absolute atomic E-state index is 0.0757. The van der Waals surface area contributed by atoms with Gasteiger partial charge < -0.3 is 20.5 Å². The number of hydrogen-bond acceptors (Lipinski definition) is 4. The summed E-state index contributed by atoms with van der Waals surface area (Å²) in [6.45, 7) is 11.7. The number of ketones is 1. The summed E-state index contributed by atoms with van der Waals surface area (Å²) >= 11 is 0. The van der Waals surface area contributed by atoms with Gasteiger partial charge in [0.05, 0.1) is 5.56 Å². The predicted octanol–water partition coefficient (Wildman–Crippen LogP) is 4.11. The van der Waals surface area contributed by atoms with Crippen LogP contribution in [0.4, 0.5) is 5.69 Å². The van der Waals surface area contributed by atoms with Crippen LogP contribution in [0.15, 0.2) is 18.2 Å². The molecule has 2 aromatic rings. The Morgan fingerprint density at radius 3 is 2.59 bits per heavy atom. The first-order chi connectivity index (χ1) is 15.0. The second-order valence-electron chi connectivity index (χ2n) is 10.5. The standard InChI is InChI=1S/C26H36N4O2/c1-15-21-8-7-11-29(6)17(3)16(2)28-20-12-18(9-10-19(20)25(27)32)30(21)22-13-26(4,5)14-23(31)24(15)22/h9-10,12,16-17,28H,7-8,11,13-14H2,1-6H3,(H2,27,32)/t16-,17-/m0/s1. The zero-order valence-electron chi connectivity index (χ0n) is 20.2. The van der Waals surface area contributed by atoms with Crippen LogP contribution >= 0.6 is 0 Å². The topological polar surface area (TPSA) is 80.4 Å². The van der Waals surface area contributed by atoms with Crippen LogP contribution in [0.1, 0.15) is 78.2 Å². The van der Waals surface area contributed by atoms with Crippen molar-refractivity contribution in [1.29, 1.82) is 0 Å². The van der Waals surface area contributed by atoms with E-state index in [1.54, 1.807) is 0 Å². The van der Waals surface area contributed by atoms with Crippen molar-refractivity contribution >= 4 is 17.4 Å². The summed E-state index contributed by atoms with van der Waals surface area (Å²) in [6, 6.07) is 6.22. The molecule has 0 radical (unpaired) electrons. The summed E-state index contributed by atoms with van der Waals surface area (Å²) in [4.78, 5) is 27.7. The Labute approximate surface area is 191 Å². The molecule has 0 fully saturated rings. The van der Waals surface area contributed by atoms with E-state index in [1.165, 1.54) is 5.69 Å². The molecule has 172 valence electrons. The van der Waals surface area contributed by atoms with Crippen LogP contribution in [-0.2, 0) is 12.8 Å². The number of hydrogen-bond donors (Lipinski definition) is 2. The van der Waals surface area contributed by atoms with E-state index in [0.29, 0.717) is 12.0 Å². The number of rotatable bonds is 1. The number of nitrogens with one attached hydrogen (secondary N) is 1. The van der Waals surface area contributed by atoms with Crippen molar-refractivity contribution in [2.45, 2.75) is 72.4 Å². The first-order valence-electron chi connectivity index (χ1n) is 11.7. The number of Topliss-reactive ketones (excluding diaryl/α,β-unsaturated/α-hetero) is 1. The van der Waals surface area contributed by atoms with Crippen molar-refractivity contribution in [2.24, 2.45) is 11.1 Å². The first-order valence-corrected chi connectivity index (χ1v) is 11.7. The van der Waals surface area contributed by atoms with Gasteiger partial charge >= 0.3 is 0 Å². The second-order valence-corrected chi connectivity index (χ2v) is 10.5. The van der Waals surface area contributed by atoms with E-state index < -0.39 is 5.91 Å². The third kappa shape index (κ3) is 3.85. The molecule has 1 aromatic carbocycles. The van der Waals surface area contributed by atoms with Crippen LogP contribution in [0.5, 0.6) is 0 Å². The van der Waals surface area contributed by atoms with E-state index in [9.17, 15) is 9.59 Å². The fourth-order valence-electron chi connectivity index (χ4n) is 5.44. The number of amides is 1. The molecule has 1 aromatic heterocycles. The van der Waals surface area contributed by atoms with Crippen LogP contribution in [-0.4, -0.2) is 46.8 Å². The van der Waals surface area contributed by atoms with Crippen molar-refractivity contribution in [3.05, 3.63) is 46.3 Å². The van der Waals surface area contributed by atoms with Crippen molar-refractivity contribution in [3.63, 3.8) is 0 Å². The maximum atomic E-state index is 13.2. The number of anilines is 1. The molecule has 2 bridgehead atoms. The van der Waals surface area contributed by atoms with Crippen molar-refractivity contribution in [2.75, 3.05) is 18.9 Å². The third-order valence-electron chi connectivity index (χ3n) is 7.45. The molecule has 0 saturated carbocycles. The maximum Gasteiger partial charge on any atom is 0.250 e. The van der Waals surface area contributed by atoms with Gasteiger partial charge in [-0.1, -0.05) is 13.8 Å². The average Bonchev–Trinajstić information content (AvgIpc) is 2.96. The fraction of sp³-hybridized carbons (Fsp3) is 0.538. The quantitative estimate of drug-likeness (QED) is 0.705. The molecule has 2 heterocycles. The molecule has 4 rings (SSSR count).